The number of nitrogens with zero attached hydrogens (tertiary/aromatic N) is 4. The predicted molar refractivity (Wildman–Crippen MR) is 107 cm³/mol. The van der Waals surface area contributed by atoms with Gasteiger partial charge in [0.2, 0.25) is 0 Å². The van der Waals surface area contributed by atoms with Gasteiger partial charge in [-0.3, -0.25) is 4.99 Å². The Morgan fingerprint density at radius 1 is 1.11 bits per heavy atom. The molecule has 0 atom stereocenters. The van der Waals surface area contributed by atoms with E-state index in [1.165, 1.54) is 18.2 Å². The van der Waals surface area contributed by atoms with E-state index in [0.717, 1.165) is 5.71 Å². The van der Waals surface area contributed by atoms with Crippen LogP contribution in [-0.2, 0) is 0 Å². The first kappa shape index (κ1) is 18.7. The molecule has 0 amide bonds. The topological polar surface area (TPSA) is 60.6 Å². The molecule has 0 bridgehead atoms. The third-order valence-electron chi connectivity index (χ3n) is 4.67. The maximum absolute atomic E-state index is 14.5. The quantitative estimate of drug-likeness (QED) is 0.845. The highest BCUT2D eigenvalue weighted by atomic mass is 35.5. The van der Waals surface area contributed by atoms with Crippen molar-refractivity contribution in [1.82, 2.24) is 0 Å². The van der Waals surface area contributed by atoms with Crippen LogP contribution in [0.3, 0.4) is 0 Å². The minimum Gasteiger partial charge on any atom is -0.396 e. The van der Waals surface area contributed by atoms with Crippen LogP contribution in [0.25, 0.3) is 0 Å². The lowest BCUT2D eigenvalue weighted by atomic mass is 9.99. The van der Waals surface area contributed by atoms with Crippen LogP contribution in [-0.4, -0.2) is 42.1 Å². The van der Waals surface area contributed by atoms with E-state index in [2.05, 4.69) is 15.2 Å². The normalized spacial score (nSPS) is 15.9. The highest BCUT2D eigenvalue weighted by molar-refractivity contribution is 6.32. The Hall–Kier alpha value is -2.64. The first-order chi connectivity index (χ1) is 13.6. The van der Waals surface area contributed by atoms with E-state index in [1.807, 2.05) is 4.90 Å². The van der Waals surface area contributed by atoms with Gasteiger partial charge in [-0.2, -0.15) is 5.10 Å². The summed E-state index contributed by atoms with van der Waals surface area (Å²) >= 11 is 6.19. The molecule has 2 aliphatic heterocycles. The average molecular weight is 403 g/mol. The minimum atomic E-state index is -0.689. The molecule has 0 aliphatic carbocycles. The molecule has 144 valence electrons. The Labute approximate surface area is 165 Å². The van der Waals surface area contributed by atoms with Gasteiger partial charge in [0.15, 0.2) is 5.84 Å². The molecular weight excluding hydrogens is 386 g/mol. The maximum Gasteiger partial charge on any atom is 0.154 e. The molecule has 4 rings (SSSR count). The lowest BCUT2D eigenvalue weighted by Gasteiger charge is -2.28. The van der Waals surface area contributed by atoms with Crippen molar-refractivity contribution in [2.45, 2.75) is 12.8 Å². The van der Waals surface area contributed by atoms with Crippen LogP contribution in [0.1, 0.15) is 24.0 Å². The van der Waals surface area contributed by atoms with Crippen LogP contribution in [0, 0.1) is 11.6 Å². The Kier molecular flexibility index (Phi) is 5.19. The molecule has 2 aromatic rings. The summed E-state index contributed by atoms with van der Waals surface area (Å²) < 4.78 is 29.0. The van der Waals surface area contributed by atoms with Crippen LogP contribution in [0.4, 0.5) is 14.5 Å². The molecule has 8 heteroatoms. The van der Waals surface area contributed by atoms with Crippen molar-refractivity contribution < 1.29 is 13.9 Å². The van der Waals surface area contributed by atoms with Crippen molar-refractivity contribution in [3.8, 4) is 0 Å². The van der Waals surface area contributed by atoms with E-state index in [-0.39, 0.29) is 24.4 Å². The summed E-state index contributed by atoms with van der Waals surface area (Å²) in [5.41, 5.74) is 2.07. The molecule has 5 nitrogen and oxygen atoms in total. The molecule has 2 aromatic carbocycles. The summed E-state index contributed by atoms with van der Waals surface area (Å²) in [5, 5.41) is 18.0. The predicted octanol–water partition coefficient (Wildman–Crippen LogP) is 3.82. The number of aliphatic hydroxyl groups is 1. The van der Waals surface area contributed by atoms with Crippen LogP contribution < -0.4 is 4.90 Å². The molecule has 0 saturated carbocycles. The van der Waals surface area contributed by atoms with Gasteiger partial charge in [0.1, 0.15) is 11.6 Å². The molecule has 0 fully saturated rings. The number of halogens is 3. The van der Waals surface area contributed by atoms with Gasteiger partial charge in [-0.1, -0.05) is 17.7 Å². The summed E-state index contributed by atoms with van der Waals surface area (Å²) in [4.78, 5) is 6.40. The number of anilines is 1. The van der Waals surface area contributed by atoms with Crippen LogP contribution in [0.5, 0.6) is 0 Å². The van der Waals surface area contributed by atoms with Gasteiger partial charge in [-0.25, -0.2) is 8.78 Å². The fraction of sp³-hybridized carbons (Fsp3) is 0.250. The number of benzene rings is 2. The van der Waals surface area contributed by atoms with Crippen LogP contribution in [0.2, 0.25) is 5.02 Å². The Bertz CT molecular complexity index is 999. The molecule has 28 heavy (non-hydrogen) atoms. The molecule has 0 radical (unpaired) electrons. The summed E-state index contributed by atoms with van der Waals surface area (Å²) in [5.74, 6) is -0.791. The fourth-order valence-electron chi connectivity index (χ4n) is 3.35. The van der Waals surface area contributed by atoms with Gasteiger partial charge in [0.25, 0.3) is 0 Å². The first-order valence-electron chi connectivity index (χ1n) is 8.88. The number of hydrogen-bond acceptors (Lipinski definition) is 5. The van der Waals surface area contributed by atoms with Gasteiger partial charge >= 0.3 is 0 Å². The summed E-state index contributed by atoms with van der Waals surface area (Å²) in [7, 11) is 0. The van der Waals surface area contributed by atoms with Crippen molar-refractivity contribution in [3.63, 3.8) is 0 Å². The van der Waals surface area contributed by atoms with E-state index < -0.39 is 11.6 Å². The van der Waals surface area contributed by atoms with Gasteiger partial charge in [0.05, 0.1) is 35.8 Å². The Balaban J connectivity index is 1.84. The van der Waals surface area contributed by atoms with Gasteiger partial charge in [-0.05, 0) is 43.2 Å². The molecule has 1 N–H and O–H groups in total. The van der Waals surface area contributed by atoms with Gasteiger partial charge < -0.3 is 10.0 Å². The van der Waals surface area contributed by atoms with Crippen molar-refractivity contribution in [3.05, 3.63) is 64.2 Å². The van der Waals surface area contributed by atoms with Gasteiger partial charge in [-0.15, -0.1) is 5.10 Å². The second-order valence-corrected chi connectivity index (χ2v) is 6.96. The number of aliphatic hydroxyl groups excluding tert-OH is 1. The van der Waals surface area contributed by atoms with Crippen molar-refractivity contribution in [2.24, 2.45) is 15.2 Å². The monoisotopic (exact) mass is 402 g/mol. The second-order valence-electron chi connectivity index (χ2n) is 6.52. The number of rotatable bonds is 4. The highest BCUT2D eigenvalue weighted by Crippen LogP contribution is 2.32. The molecule has 0 saturated heterocycles. The standard InChI is InChI=1S/C20H17ClF2N4O/c21-12-6-7-17-14(9-12)20(19-15(22)4-1-5-16(19)23)24-10-18-26-25-13(3-2-8-28)11-27(17)18/h1,4-7,9,28H,2-3,8,10-11H2. The zero-order valence-corrected chi connectivity index (χ0v) is 15.6. The molecular formula is C20H17ClF2N4O. The molecule has 2 aliphatic rings. The third kappa shape index (κ3) is 3.43. The number of hydrogen-bond donors (Lipinski definition) is 1. The maximum atomic E-state index is 14.5. The molecule has 0 unspecified atom stereocenters. The Morgan fingerprint density at radius 2 is 1.89 bits per heavy atom. The summed E-state index contributed by atoms with van der Waals surface area (Å²) in [6.07, 6.45) is 1.20. The second kappa shape index (κ2) is 7.77. The first-order valence-corrected chi connectivity index (χ1v) is 9.25. The zero-order valence-electron chi connectivity index (χ0n) is 14.9. The number of amidine groups is 1. The zero-order chi connectivity index (χ0) is 19.7. The van der Waals surface area contributed by atoms with Crippen molar-refractivity contribution in [2.75, 3.05) is 24.6 Å². The minimum absolute atomic E-state index is 0.0710. The number of aliphatic imine (C=N–C) groups is 1. The van der Waals surface area contributed by atoms with E-state index in [0.29, 0.717) is 41.5 Å². The molecule has 2 heterocycles. The van der Waals surface area contributed by atoms with Crippen molar-refractivity contribution >= 4 is 34.5 Å². The largest absolute Gasteiger partial charge is 0.396 e. The molecule has 0 aromatic heterocycles. The smallest absolute Gasteiger partial charge is 0.154 e. The lowest BCUT2D eigenvalue weighted by molar-refractivity contribution is 0.291. The average Bonchev–Trinajstić information content (AvgIpc) is 2.83. The van der Waals surface area contributed by atoms with E-state index >= 15 is 0 Å². The third-order valence-corrected chi connectivity index (χ3v) is 4.90. The number of fused-ring (bicyclic) bond motifs is 3. The highest BCUT2D eigenvalue weighted by Gasteiger charge is 2.29. The lowest BCUT2D eigenvalue weighted by Crippen LogP contribution is -2.39. The molecule has 0 spiro atoms. The van der Waals surface area contributed by atoms with Crippen LogP contribution >= 0.6 is 11.6 Å². The summed E-state index contributed by atoms with van der Waals surface area (Å²) in [6.45, 7) is 0.670. The SMILES string of the molecule is OCCCC1=NN=C2CN=C(c3c(F)cccc3F)c3cc(Cl)ccc3N2C1. The van der Waals surface area contributed by atoms with E-state index in [9.17, 15) is 8.78 Å². The van der Waals surface area contributed by atoms with E-state index in [1.54, 1.807) is 18.2 Å². The fourth-order valence-corrected chi connectivity index (χ4v) is 3.52. The van der Waals surface area contributed by atoms with Gasteiger partial charge in [0, 0.05) is 17.2 Å². The van der Waals surface area contributed by atoms with E-state index in [4.69, 9.17) is 16.7 Å². The summed E-state index contributed by atoms with van der Waals surface area (Å²) in [6, 6.07) is 8.90. The van der Waals surface area contributed by atoms with Crippen LogP contribution in [0.15, 0.2) is 51.6 Å². The van der Waals surface area contributed by atoms with Crippen molar-refractivity contribution in [1.29, 1.82) is 0 Å². The Morgan fingerprint density at radius 3 is 2.64 bits per heavy atom.